The van der Waals surface area contributed by atoms with Gasteiger partial charge in [0.05, 0.1) is 14.2 Å². The smallest absolute Gasteiger partial charge is 0.256 e. The lowest BCUT2D eigenvalue weighted by molar-refractivity contribution is -0.110. The maximum Gasteiger partial charge on any atom is 0.256 e. The lowest BCUT2D eigenvalue weighted by Gasteiger charge is -2.10. The minimum Gasteiger partial charge on any atom is -0.496 e. The Balaban J connectivity index is 0.000000194. The molecule has 0 bridgehead atoms. The van der Waals surface area contributed by atoms with Gasteiger partial charge in [-0.3, -0.25) is 4.79 Å². The molecule has 0 radical (unpaired) electrons. The summed E-state index contributed by atoms with van der Waals surface area (Å²) in [4.78, 5) is 12.4. The number of carbonyl (C=O) groups is 1. The van der Waals surface area contributed by atoms with E-state index in [4.69, 9.17) is 9.47 Å². The standard InChI is InChI=1S/C22H16BrNO2.C13H12O/c1-26-21-10-7-14(11-17(21)15-5-3-2-4-6-15)12-19-18-13-16(23)8-9-20(18)24-22(19)25;1-14-13-10-6-5-9-12(13)11-7-3-2-4-8-11/h2-13H,1H3,(H,24,25);2-10H,1H3/b19-12+;. The summed E-state index contributed by atoms with van der Waals surface area (Å²) in [6, 6.07) is 40.1. The van der Waals surface area contributed by atoms with E-state index in [1.807, 2.05) is 109 Å². The molecule has 5 aromatic rings. The first kappa shape index (κ1) is 27.0. The van der Waals surface area contributed by atoms with E-state index in [9.17, 15) is 4.79 Å². The van der Waals surface area contributed by atoms with Crippen LogP contribution in [0, 0.1) is 0 Å². The largest absolute Gasteiger partial charge is 0.496 e. The molecule has 1 amide bonds. The maximum atomic E-state index is 12.4. The Kier molecular flexibility index (Phi) is 8.43. The number of amides is 1. The first-order valence-electron chi connectivity index (χ1n) is 12.8. The second-order valence-corrected chi connectivity index (χ2v) is 10.0. The average molecular weight is 591 g/mol. The van der Waals surface area contributed by atoms with Gasteiger partial charge >= 0.3 is 0 Å². The number of para-hydroxylation sites is 1. The molecule has 0 fully saturated rings. The molecular weight excluding hydrogens is 562 g/mol. The van der Waals surface area contributed by atoms with Crippen LogP contribution in [0.4, 0.5) is 5.69 Å². The van der Waals surface area contributed by atoms with Crippen molar-refractivity contribution in [1.29, 1.82) is 0 Å². The monoisotopic (exact) mass is 589 g/mol. The summed E-state index contributed by atoms with van der Waals surface area (Å²) in [6.07, 6.45) is 1.92. The minimum atomic E-state index is -0.0878. The van der Waals surface area contributed by atoms with E-state index in [0.717, 1.165) is 49.5 Å². The van der Waals surface area contributed by atoms with Gasteiger partial charge in [-0.25, -0.2) is 0 Å². The van der Waals surface area contributed by atoms with Gasteiger partial charge in [-0.15, -0.1) is 0 Å². The maximum absolute atomic E-state index is 12.4. The van der Waals surface area contributed by atoms with Gasteiger partial charge in [0.15, 0.2) is 0 Å². The van der Waals surface area contributed by atoms with Crippen molar-refractivity contribution in [2.24, 2.45) is 0 Å². The van der Waals surface area contributed by atoms with Crippen molar-refractivity contribution in [3.8, 4) is 33.8 Å². The van der Waals surface area contributed by atoms with Crippen molar-refractivity contribution in [3.05, 3.63) is 137 Å². The summed E-state index contributed by atoms with van der Waals surface area (Å²) in [7, 11) is 3.36. The van der Waals surface area contributed by atoms with Crippen LogP contribution >= 0.6 is 15.9 Å². The van der Waals surface area contributed by atoms with Crippen molar-refractivity contribution in [2.75, 3.05) is 19.5 Å². The SMILES string of the molecule is COc1ccc(/C=C2/C(=O)Nc3ccc(Br)cc32)cc1-c1ccccc1.COc1ccccc1-c1ccccc1. The number of carbonyl (C=O) groups excluding carboxylic acids is 1. The Bertz CT molecular complexity index is 1660. The van der Waals surface area contributed by atoms with Crippen LogP contribution in [0.3, 0.4) is 0 Å². The number of hydrogen-bond donors (Lipinski definition) is 1. The molecule has 0 spiro atoms. The number of ether oxygens (including phenoxy) is 2. The van der Waals surface area contributed by atoms with E-state index < -0.39 is 0 Å². The van der Waals surface area contributed by atoms with Crippen LogP contribution in [0.2, 0.25) is 0 Å². The fourth-order valence-corrected chi connectivity index (χ4v) is 4.99. The Morgan fingerprint density at radius 2 is 1.23 bits per heavy atom. The second kappa shape index (κ2) is 12.5. The fourth-order valence-electron chi connectivity index (χ4n) is 4.63. The molecule has 0 unspecified atom stereocenters. The second-order valence-electron chi connectivity index (χ2n) is 9.09. The molecule has 0 atom stereocenters. The third-order valence-corrected chi connectivity index (χ3v) is 7.07. The van der Waals surface area contributed by atoms with Gasteiger partial charge in [0, 0.05) is 32.4 Å². The van der Waals surface area contributed by atoms with E-state index >= 15 is 0 Å². The Morgan fingerprint density at radius 3 is 1.90 bits per heavy atom. The number of benzene rings is 5. The van der Waals surface area contributed by atoms with E-state index in [1.54, 1.807) is 14.2 Å². The van der Waals surface area contributed by atoms with Gasteiger partial charge in [-0.2, -0.15) is 0 Å². The van der Waals surface area contributed by atoms with Crippen LogP contribution < -0.4 is 14.8 Å². The number of methoxy groups -OCH3 is 2. The summed E-state index contributed by atoms with van der Waals surface area (Å²) in [5, 5.41) is 2.91. The van der Waals surface area contributed by atoms with Gasteiger partial charge in [-0.05, 0) is 59.2 Å². The summed E-state index contributed by atoms with van der Waals surface area (Å²) in [6.45, 7) is 0. The Labute approximate surface area is 243 Å². The molecule has 4 nitrogen and oxygen atoms in total. The summed E-state index contributed by atoms with van der Waals surface area (Å²) in [5.41, 5.74) is 7.73. The van der Waals surface area contributed by atoms with Crippen molar-refractivity contribution in [3.63, 3.8) is 0 Å². The third-order valence-electron chi connectivity index (χ3n) is 6.58. The van der Waals surface area contributed by atoms with Crippen LogP contribution in [0.1, 0.15) is 11.1 Å². The highest BCUT2D eigenvalue weighted by atomic mass is 79.9. The predicted molar refractivity (Wildman–Crippen MR) is 168 cm³/mol. The highest BCUT2D eigenvalue weighted by Crippen LogP contribution is 2.37. The van der Waals surface area contributed by atoms with E-state index in [1.165, 1.54) is 5.56 Å². The molecule has 5 aromatic carbocycles. The van der Waals surface area contributed by atoms with Crippen molar-refractivity contribution < 1.29 is 14.3 Å². The van der Waals surface area contributed by atoms with Gasteiger partial charge in [-0.1, -0.05) is 101 Å². The third kappa shape index (κ3) is 6.00. The van der Waals surface area contributed by atoms with Crippen LogP contribution in [-0.2, 0) is 4.79 Å². The number of anilines is 1. The molecule has 198 valence electrons. The molecule has 1 heterocycles. The van der Waals surface area contributed by atoms with Crippen LogP contribution in [-0.4, -0.2) is 20.1 Å². The predicted octanol–water partition coefficient (Wildman–Crippen LogP) is 8.98. The van der Waals surface area contributed by atoms with E-state index in [0.29, 0.717) is 5.57 Å². The zero-order valence-corrected chi connectivity index (χ0v) is 23.8. The Hall–Kier alpha value is -4.61. The van der Waals surface area contributed by atoms with Gasteiger partial charge in [0.2, 0.25) is 0 Å². The number of hydrogen-bond acceptors (Lipinski definition) is 3. The topological polar surface area (TPSA) is 47.6 Å². The fraction of sp³-hybridized carbons (Fsp3) is 0.0571. The van der Waals surface area contributed by atoms with Gasteiger partial charge < -0.3 is 14.8 Å². The molecule has 0 aliphatic carbocycles. The number of fused-ring (bicyclic) bond motifs is 1. The zero-order valence-electron chi connectivity index (χ0n) is 22.2. The minimum absolute atomic E-state index is 0.0878. The molecule has 6 rings (SSSR count). The number of nitrogens with one attached hydrogen (secondary N) is 1. The summed E-state index contributed by atoms with van der Waals surface area (Å²) < 4.78 is 11.8. The normalized spacial score (nSPS) is 12.7. The lowest BCUT2D eigenvalue weighted by atomic mass is 9.99. The Morgan fingerprint density at radius 1 is 0.625 bits per heavy atom. The molecule has 1 N–H and O–H groups in total. The summed E-state index contributed by atoms with van der Waals surface area (Å²) in [5.74, 6) is 1.63. The molecule has 1 aliphatic heterocycles. The molecule has 5 heteroatoms. The quantitative estimate of drug-likeness (QED) is 0.208. The molecular formula is C35H28BrNO3. The number of halogens is 1. The van der Waals surface area contributed by atoms with Crippen LogP contribution in [0.5, 0.6) is 11.5 Å². The molecule has 0 saturated heterocycles. The summed E-state index contributed by atoms with van der Waals surface area (Å²) >= 11 is 3.48. The van der Waals surface area contributed by atoms with Crippen molar-refractivity contribution in [2.45, 2.75) is 0 Å². The average Bonchev–Trinajstić information content (AvgIpc) is 3.32. The van der Waals surface area contributed by atoms with Crippen molar-refractivity contribution in [1.82, 2.24) is 0 Å². The first-order valence-corrected chi connectivity index (χ1v) is 13.6. The first-order chi connectivity index (χ1) is 19.6. The van der Waals surface area contributed by atoms with Crippen LogP contribution in [0.15, 0.2) is 126 Å². The lowest BCUT2D eigenvalue weighted by Crippen LogP contribution is -2.03. The van der Waals surface area contributed by atoms with Gasteiger partial charge in [0.25, 0.3) is 5.91 Å². The van der Waals surface area contributed by atoms with E-state index in [-0.39, 0.29) is 5.91 Å². The molecule has 0 saturated carbocycles. The van der Waals surface area contributed by atoms with Crippen molar-refractivity contribution >= 4 is 39.2 Å². The molecule has 40 heavy (non-hydrogen) atoms. The van der Waals surface area contributed by atoms with Crippen LogP contribution in [0.25, 0.3) is 33.9 Å². The van der Waals surface area contributed by atoms with Gasteiger partial charge in [0.1, 0.15) is 11.5 Å². The zero-order chi connectivity index (χ0) is 27.9. The highest BCUT2D eigenvalue weighted by molar-refractivity contribution is 9.10. The van der Waals surface area contributed by atoms with E-state index in [2.05, 4.69) is 39.4 Å². The molecule has 0 aromatic heterocycles. The molecule has 1 aliphatic rings. The number of rotatable bonds is 5. The highest BCUT2D eigenvalue weighted by Gasteiger charge is 2.24.